The summed E-state index contributed by atoms with van der Waals surface area (Å²) in [5, 5.41) is -0.425. The molecule has 164 valence electrons. The Morgan fingerprint density at radius 3 is 2.30 bits per heavy atom. The van der Waals surface area contributed by atoms with Crippen molar-refractivity contribution in [2.75, 3.05) is 11.0 Å². The maximum atomic E-state index is 12.2. The molecule has 0 amide bonds. The molecule has 2 aromatic rings. The molecule has 0 unspecified atom stereocenters. The summed E-state index contributed by atoms with van der Waals surface area (Å²) in [4.78, 5) is 0. The van der Waals surface area contributed by atoms with E-state index in [9.17, 15) is 16.8 Å². The highest BCUT2D eigenvalue weighted by molar-refractivity contribution is 7.92. The molecule has 1 aliphatic carbocycles. The third kappa shape index (κ3) is 6.06. The molecule has 3 rings (SSSR count). The highest BCUT2D eigenvalue weighted by Crippen LogP contribution is 2.31. The molecule has 2 atom stereocenters. The summed E-state index contributed by atoms with van der Waals surface area (Å²) in [7, 11) is -6.58. The average Bonchev–Trinajstić information content (AvgIpc) is 3.07. The molecule has 1 saturated carbocycles. The van der Waals surface area contributed by atoms with Crippen LogP contribution >= 0.6 is 0 Å². The Hall–Kier alpha value is -1.90. The lowest BCUT2D eigenvalue weighted by atomic mass is 9.94. The van der Waals surface area contributed by atoms with E-state index in [2.05, 4.69) is 21.6 Å². The molecule has 30 heavy (non-hydrogen) atoms. The van der Waals surface area contributed by atoms with Crippen LogP contribution in [-0.2, 0) is 26.5 Å². The van der Waals surface area contributed by atoms with Crippen molar-refractivity contribution in [1.29, 1.82) is 0 Å². The minimum atomic E-state index is -3.32. The Balaban J connectivity index is 1.70. The zero-order valence-corrected chi connectivity index (χ0v) is 19.3. The van der Waals surface area contributed by atoms with Crippen molar-refractivity contribution < 1.29 is 16.8 Å². The summed E-state index contributed by atoms with van der Waals surface area (Å²) in [6, 6.07) is 15.5. The number of hydrogen-bond donors (Lipinski definition) is 2. The number of anilines is 1. The first-order valence-electron chi connectivity index (χ1n) is 10.2. The predicted molar refractivity (Wildman–Crippen MR) is 122 cm³/mol. The molecule has 0 saturated heterocycles. The quantitative estimate of drug-likeness (QED) is 0.640. The van der Waals surface area contributed by atoms with E-state index < -0.39 is 25.3 Å². The monoisotopic (exact) mass is 450 g/mol. The second kappa shape index (κ2) is 9.08. The molecule has 0 spiro atoms. The van der Waals surface area contributed by atoms with Crippen LogP contribution in [0.1, 0.15) is 38.7 Å². The minimum absolute atomic E-state index is 0.00387. The van der Waals surface area contributed by atoms with Crippen molar-refractivity contribution in [3.8, 4) is 11.1 Å². The Bertz CT molecular complexity index is 1080. The van der Waals surface area contributed by atoms with Gasteiger partial charge in [-0.05, 0) is 67.9 Å². The summed E-state index contributed by atoms with van der Waals surface area (Å²) in [5.41, 5.74) is 3.63. The van der Waals surface area contributed by atoms with Gasteiger partial charge >= 0.3 is 0 Å². The third-order valence-electron chi connectivity index (χ3n) is 5.55. The lowest BCUT2D eigenvalue weighted by Gasteiger charge is -2.22. The van der Waals surface area contributed by atoms with Gasteiger partial charge in [-0.15, -0.1) is 0 Å². The smallest absolute Gasteiger partial charge is 0.229 e. The zero-order chi connectivity index (χ0) is 21.9. The number of sulfonamides is 2. The van der Waals surface area contributed by atoms with Gasteiger partial charge in [0, 0.05) is 11.7 Å². The summed E-state index contributed by atoms with van der Waals surface area (Å²) in [5.74, 6) is 0.298. The summed E-state index contributed by atoms with van der Waals surface area (Å²) < 4.78 is 52.8. The highest BCUT2D eigenvalue weighted by Gasteiger charge is 2.31. The van der Waals surface area contributed by atoms with Crippen LogP contribution in [0.15, 0.2) is 48.5 Å². The molecule has 0 aromatic heterocycles. The number of rotatable bonds is 8. The Kier molecular flexibility index (Phi) is 6.89. The summed E-state index contributed by atoms with van der Waals surface area (Å²) >= 11 is 0. The number of nitrogens with one attached hydrogen (secondary N) is 2. The highest BCUT2D eigenvalue weighted by atomic mass is 32.2. The zero-order valence-electron chi connectivity index (χ0n) is 17.6. The van der Waals surface area contributed by atoms with Gasteiger partial charge in [0.25, 0.3) is 0 Å². The first-order valence-corrected chi connectivity index (χ1v) is 13.7. The van der Waals surface area contributed by atoms with Crippen molar-refractivity contribution in [2.45, 2.75) is 50.8 Å². The van der Waals surface area contributed by atoms with Crippen molar-refractivity contribution in [3.05, 3.63) is 54.1 Å². The number of hydrogen-bond acceptors (Lipinski definition) is 4. The van der Waals surface area contributed by atoms with Gasteiger partial charge in [-0.25, -0.2) is 21.6 Å². The first kappa shape index (κ1) is 22.8. The van der Waals surface area contributed by atoms with Crippen LogP contribution < -0.4 is 9.44 Å². The van der Waals surface area contributed by atoms with Crippen LogP contribution in [-0.4, -0.2) is 34.4 Å². The molecular formula is C22H30N2O4S2. The van der Waals surface area contributed by atoms with Crippen LogP contribution in [0.4, 0.5) is 5.69 Å². The van der Waals surface area contributed by atoms with E-state index in [4.69, 9.17) is 0 Å². The molecule has 0 aliphatic heterocycles. The van der Waals surface area contributed by atoms with Gasteiger partial charge in [-0.2, -0.15) is 0 Å². The van der Waals surface area contributed by atoms with Crippen LogP contribution in [0.3, 0.4) is 0 Å². The van der Waals surface area contributed by atoms with E-state index in [1.807, 2.05) is 30.3 Å². The minimum Gasteiger partial charge on any atom is -0.284 e. The van der Waals surface area contributed by atoms with Crippen molar-refractivity contribution >= 4 is 25.7 Å². The third-order valence-corrected chi connectivity index (χ3v) is 8.03. The Morgan fingerprint density at radius 1 is 0.967 bits per heavy atom. The standard InChI is InChI=1S/C22H30N2O4S2/c1-16(2)30(27,28)24-22-9-5-7-20(22)14-17-10-12-18(13-11-17)19-6-4-8-21(15-19)23-29(3,25)26/h4,6,8,10-13,15-16,20,22-24H,5,7,9,14H2,1-3H3/t20-,22-/m1/s1. The van der Waals surface area contributed by atoms with Crippen molar-refractivity contribution in [2.24, 2.45) is 5.92 Å². The SMILES string of the molecule is CC(C)S(=O)(=O)N[C@@H]1CCC[C@@H]1Cc1ccc(-c2cccc(NS(C)(=O)=O)c2)cc1. The fraction of sp³-hybridized carbons (Fsp3) is 0.455. The van der Waals surface area contributed by atoms with Crippen molar-refractivity contribution in [1.82, 2.24) is 4.72 Å². The molecule has 1 aliphatic rings. The lowest BCUT2D eigenvalue weighted by molar-refractivity contribution is 0.440. The fourth-order valence-electron chi connectivity index (χ4n) is 3.90. The van der Waals surface area contributed by atoms with Gasteiger partial charge < -0.3 is 0 Å². The molecule has 6 nitrogen and oxygen atoms in total. The van der Waals surface area contributed by atoms with E-state index >= 15 is 0 Å². The topological polar surface area (TPSA) is 92.3 Å². The Morgan fingerprint density at radius 2 is 1.67 bits per heavy atom. The maximum Gasteiger partial charge on any atom is 0.229 e. The van der Waals surface area contributed by atoms with E-state index in [1.54, 1.807) is 19.9 Å². The second-order valence-electron chi connectivity index (χ2n) is 8.37. The normalized spacial score (nSPS) is 19.9. The molecule has 0 radical (unpaired) electrons. The van der Waals surface area contributed by atoms with Gasteiger partial charge in [0.05, 0.1) is 11.5 Å². The van der Waals surface area contributed by atoms with Gasteiger partial charge in [-0.1, -0.05) is 42.8 Å². The summed E-state index contributed by atoms with van der Waals surface area (Å²) in [6.07, 6.45) is 4.91. The van der Waals surface area contributed by atoms with Gasteiger partial charge in [0.1, 0.15) is 0 Å². The van der Waals surface area contributed by atoms with Crippen molar-refractivity contribution in [3.63, 3.8) is 0 Å². The largest absolute Gasteiger partial charge is 0.284 e. The number of benzene rings is 2. The molecule has 2 N–H and O–H groups in total. The Labute approximate surface area is 180 Å². The van der Waals surface area contributed by atoms with E-state index in [1.165, 1.54) is 5.56 Å². The molecule has 0 bridgehead atoms. The van der Waals surface area contributed by atoms with Crippen LogP contribution in [0, 0.1) is 5.92 Å². The van der Waals surface area contributed by atoms with E-state index in [0.717, 1.165) is 43.1 Å². The average molecular weight is 451 g/mol. The fourth-order valence-corrected chi connectivity index (χ4v) is 5.46. The van der Waals surface area contributed by atoms with Gasteiger partial charge in [-0.3, -0.25) is 4.72 Å². The van der Waals surface area contributed by atoms with Crippen LogP contribution in [0.25, 0.3) is 11.1 Å². The molecule has 1 fully saturated rings. The van der Waals surface area contributed by atoms with Crippen LogP contribution in [0.5, 0.6) is 0 Å². The summed E-state index contributed by atoms with van der Waals surface area (Å²) in [6.45, 7) is 3.40. The predicted octanol–water partition coefficient (Wildman–Crippen LogP) is 3.76. The first-order chi connectivity index (χ1) is 14.0. The molecule has 0 heterocycles. The lowest BCUT2D eigenvalue weighted by Crippen LogP contribution is -2.41. The van der Waals surface area contributed by atoms with E-state index in [-0.39, 0.29) is 6.04 Å². The maximum absolute atomic E-state index is 12.2. The second-order valence-corrected chi connectivity index (χ2v) is 12.4. The molecular weight excluding hydrogens is 420 g/mol. The van der Waals surface area contributed by atoms with Gasteiger partial charge in [0.15, 0.2) is 0 Å². The van der Waals surface area contributed by atoms with E-state index in [0.29, 0.717) is 11.6 Å². The van der Waals surface area contributed by atoms with Gasteiger partial charge in [0.2, 0.25) is 20.0 Å². The molecule has 8 heteroatoms. The van der Waals surface area contributed by atoms with Crippen LogP contribution in [0.2, 0.25) is 0 Å². The molecule has 2 aromatic carbocycles.